The molecule has 0 unspecified atom stereocenters. The predicted octanol–water partition coefficient (Wildman–Crippen LogP) is 3.37. The van der Waals surface area contributed by atoms with Crippen LogP contribution in [0.5, 0.6) is 0 Å². The highest BCUT2D eigenvalue weighted by Gasteiger charge is 2.14. The monoisotopic (exact) mass is 309 g/mol. The zero-order valence-corrected chi connectivity index (χ0v) is 13.8. The van der Waals surface area contributed by atoms with Gasteiger partial charge < -0.3 is 4.74 Å². The maximum atomic E-state index is 12.7. The Morgan fingerprint density at radius 2 is 1.74 bits per heavy atom. The molecule has 0 spiro atoms. The lowest BCUT2D eigenvalue weighted by atomic mass is 9.95. The number of morpholine rings is 1. The van der Waals surface area contributed by atoms with Crippen molar-refractivity contribution in [2.24, 2.45) is 0 Å². The Hall–Kier alpha value is -1.97. The molecule has 23 heavy (non-hydrogen) atoms. The van der Waals surface area contributed by atoms with E-state index in [4.69, 9.17) is 4.74 Å². The summed E-state index contributed by atoms with van der Waals surface area (Å²) in [5, 5.41) is 0. The van der Waals surface area contributed by atoms with Crippen molar-refractivity contribution >= 4 is 5.78 Å². The summed E-state index contributed by atoms with van der Waals surface area (Å²) in [5.41, 5.74) is 5.01. The average molecular weight is 309 g/mol. The molecule has 0 N–H and O–H groups in total. The standard InChI is InChI=1S/C20H23NO2/c1-15-4-3-5-19(16(15)2)20(22)18-8-6-17(7-9-18)14-21-10-12-23-13-11-21/h3-9H,10-14H2,1-2H3. The lowest BCUT2D eigenvalue weighted by molar-refractivity contribution is 0.0342. The van der Waals surface area contributed by atoms with Crippen LogP contribution in [0.3, 0.4) is 0 Å². The van der Waals surface area contributed by atoms with Crippen molar-refractivity contribution in [3.05, 3.63) is 70.3 Å². The van der Waals surface area contributed by atoms with Crippen LogP contribution < -0.4 is 0 Å². The Kier molecular flexibility index (Phi) is 4.89. The molecule has 3 heteroatoms. The fraction of sp³-hybridized carbons (Fsp3) is 0.350. The molecule has 1 aliphatic heterocycles. The summed E-state index contributed by atoms with van der Waals surface area (Å²) in [6.07, 6.45) is 0. The van der Waals surface area contributed by atoms with Crippen LogP contribution in [0.15, 0.2) is 42.5 Å². The Balaban J connectivity index is 1.73. The molecule has 0 bridgehead atoms. The second-order valence-electron chi connectivity index (χ2n) is 6.16. The first kappa shape index (κ1) is 15.9. The number of rotatable bonds is 4. The number of benzene rings is 2. The number of ether oxygens (including phenoxy) is 1. The van der Waals surface area contributed by atoms with E-state index in [1.165, 1.54) is 5.56 Å². The predicted molar refractivity (Wildman–Crippen MR) is 91.9 cm³/mol. The summed E-state index contributed by atoms with van der Waals surface area (Å²) >= 11 is 0. The number of ketones is 1. The molecule has 1 fully saturated rings. The third-order valence-electron chi connectivity index (χ3n) is 4.58. The number of hydrogen-bond donors (Lipinski definition) is 0. The minimum atomic E-state index is 0.101. The first-order valence-electron chi connectivity index (χ1n) is 8.15. The Labute approximate surface area is 137 Å². The third-order valence-corrected chi connectivity index (χ3v) is 4.58. The number of aryl methyl sites for hydroxylation is 1. The molecule has 0 radical (unpaired) electrons. The van der Waals surface area contributed by atoms with E-state index in [1.807, 2.05) is 44.2 Å². The average Bonchev–Trinajstić information content (AvgIpc) is 2.58. The number of nitrogens with zero attached hydrogens (tertiary/aromatic N) is 1. The summed E-state index contributed by atoms with van der Waals surface area (Å²) in [4.78, 5) is 15.1. The maximum Gasteiger partial charge on any atom is 0.193 e. The van der Waals surface area contributed by atoms with E-state index in [0.717, 1.165) is 55.1 Å². The largest absolute Gasteiger partial charge is 0.379 e. The highest BCUT2D eigenvalue weighted by Crippen LogP contribution is 2.18. The highest BCUT2D eigenvalue weighted by molar-refractivity contribution is 6.10. The van der Waals surface area contributed by atoms with Crippen molar-refractivity contribution in [1.82, 2.24) is 4.90 Å². The van der Waals surface area contributed by atoms with Gasteiger partial charge in [0.1, 0.15) is 0 Å². The van der Waals surface area contributed by atoms with Gasteiger partial charge in [-0.2, -0.15) is 0 Å². The SMILES string of the molecule is Cc1cccc(C(=O)c2ccc(CN3CCOCC3)cc2)c1C. The Morgan fingerprint density at radius 3 is 2.43 bits per heavy atom. The fourth-order valence-corrected chi connectivity index (χ4v) is 2.93. The summed E-state index contributed by atoms with van der Waals surface area (Å²) in [5.74, 6) is 0.101. The molecule has 3 rings (SSSR count). The second kappa shape index (κ2) is 7.07. The second-order valence-corrected chi connectivity index (χ2v) is 6.16. The Morgan fingerprint density at radius 1 is 1.04 bits per heavy atom. The van der Waals surface area contributed by atoms with Crippen molar-refractivity contribution in [3.63, 3.8) is 0 Å². The van der Waals surface area contributed by atoms with Crippen LogP contribution in [0.25, 0.3) is 0 Å². The topological polar surface area (TPSA) is 29.5 Å². The van der Waals surface area contributed by atoms with Crippen molar-refractivity contribution in [1.29, 1.82) is 0 Å². The molecule has 0 atom stereocenters. The van der Waals surface area contributed by atoms with E-state index in [1.54, 1.807) is 0 Å². The van der Waals surface area contributed by atoms with Gasteiger partial charge in [-0.3, -0.25) is 9.69 Å². The molecule has 3 nitrogen and oxygen atoms in total. The molecule has 1 heterocycles. The van der Waals surface area contributed by atoms with Crippen LogP contribution in [-0.2, 0) is 11.3 Å². The lowest BCUT2D eigenvalue weighted by Gasteiger charge is -2.26. The van der Waals surface area contributed by atoms with E-state index >= 15 is 0 Å². The molecule has 1 aliphatic rings. The number of hydrogen-bond acceptors (Lipinski definition) is 3. The fourth-order valence-electron chi connectivity index (χ4n) is 2.93. The summed E-state index contributed by atoms with van der Waals surface area (Å²) in [6.45, 7) is 8.53. The molecule has 2 aromatic carbocycles. The lowest BCUT2D eigenvalue weighted by Crippen LogP contribution is -2.35. The van der Waals surface area contributed by atoms with Gasteiger partial charge in [-0.05, 0) is 30.5 Å². The van der Waals surface area contributed by atoms with Gasteiger partial charge in [-0.25, -0.2) is 0 Å². The molecule has 1 saturated heterocycles. The van der Waals surface area contributed by atoms with Crippen LogP contribution in [0.1, 0.15) is 32.6 Å². The van der Waals surface area contributed by atoms with Crippen molar-refractivity contribution in [2.75, 3.05) is 26.3 Å². The van der Waals surface area contributed by atoms with Crippen LogP contribution in [0, 0.1) is 13.8 Å². The van der Waals surface area contributed by atoms with Crippen molar-refractivity contribution in [2.45, 2.75) is 20.4 Å². The molecular weight excluding hydrogens is 286 g/mol. The van der Waals surface area contributed by atoms with Crippen LogP contribution >= 0.6 is 0 Å². The van der Waals surface area contributed by atoms with Gasteiger partial charge >= 0.3 is 0 Å². The molecule has 2 aromatic rings. The first-order valence-corrected chi connectivity index (χ1v) is 8.15. The third kappa shape index (κ3) is 3.69. The first-order chi connectivity index (χ1) is 11.1. The van der Waals surface area contributed by atoms with Crippen molar-refractivity contribution < 1.29 is 9.53 Å². The van der Waals surface area contributed by atoms with Crippen LogP contribution in [-0.4, -0.2) is 37.0 Å². The smallest absolute Gasteiger partial charge is 0.193 e. The molecule has 0 saturated carbocycles. The minimum absolute atomic E-state index is 0.101. The highest BCUT2D eigenvalue weighted by atomic mass is 16.5. The van der Waals surface area contributed by atoms with Gasteiger partial charge in [0.15, 0.2) is 5.78 Å². The van der Waals surface area contributed by atoms with E-state index in [-0.39, 0.29) is 5.78 Å². The quantitative estimate of drug-likeness (QED) is 0.811. The normalized spacial score (nSPS) is 15.6. The van der Waals surface area contributed by atoms with E-state index in [9.17, 15) is 4.79 Å². The van der Waals surface area contributed by atoms with Crippen LogP contribution in [0.4, 0.5) is 0 Å². The van der Waals surface area contributed by atoms with E-state index < -0.39 is 0 Å². The molecule has 120 valence electrons. The zero-order valence-electron chi connectivity index (χ0n) is 13.8. The number of carbonyl (C=O) groups excluding carboxylic acids is 1. The molecular formula is C20H23NO2. The van der Waals surface area contributed by atoms with E-state index in [0.29, 0.717) is 0 Å². The molecule has 0 aliphatic carbocycles. The van der Waals surface area contributed by atoms with Gasteiger partial charge in [0, 0.05) is 30.8 Å². The van der Waals surface area contributed by atoms with Gasteiger partial charge in [0.05, 0.1) is 13.2 Å². The number of carbonyl (C=O) groups is 1. The van der Waals surface area contributed by atoms with Gasteiger partial charge in [0.25, 0.3) is 0 Å². The summed E-state index contributed by atoms with van der Waals surface area (Å²) in [6, 6.07) is 13.9. The molecule has 0 amide bonds. The molecule has 0 aromatic heterocycles. The van der Waals surface area contributed by atoms with Gasteiger partial charge in [0.2, 0.25) is 0 Å². The summed E-state index contributed by atoms with van der Waals surface area (Å²) < 4.78 is 5.37. The van der Waals surface area contributed by atoms with E-state index in [2.05, 4.69) is 17.0 Å². The Bertz CT molecular complexity index is 685. The van der Waals surface area contributed by atoms with Gasteiger partial charge in [-0.15, -0.1) is 0 Å². The minimum Gasteiger partial charge on any atom is -0.379 e. The van der Waals surface area contributed by atoms with Crippen LogP contribution in [0.2, 0.25) is 0 Å². The zero-order chi connectivity index (χ0) is 16.2. The van der Waals surface area contributed by atoms with Gasteiger partial charge in [-0.1, -0.05) is 42.5 Å². The summed E-state index contributed by atoms with van der Waals surface area (Å²) in [7, 11) is 0. The van der Waals surface area contributed by atoms with Crippen molar-refractivity contribution in [3.8, 4) is 0 Å². The maximum absolute atomic E-state index is 12.7.